The maximum absolute atomic E-state index is 7.18. The van der Waals surface area contributed by atoms with Crippen LogP contribution >= 0.6 is 12.6 Å². The van der Waals surface area contributed by atoms with Gasteiger partial charge in [0.05, 0.1) is 12.8 Å². The highest BCUT2D eigenvalue weighted by Gasteiger charge is 1.91. The minimum Gasteiger partial charge on any atom is -0.497 e. The molecular weight excluding hydrogens is 268 g/mol. The van der Waals surface area contributed by atoms with Gasteiger partial charge in [-0.2, -0.15) is 5.26 Å². The molecule has 3 nitrogen and oxygen atoms in total. The molecule has 0 saturated carbocycles. The minimum absolute atomic E-state index is 0.847. The molecule has 102 valence electrons. The van der Waals surface area contributed by atoms with Gasteiger partial charge in [0, 0.05) is 6.21 Å². The molecule has 0 amide bonds. The van der Waals surface area contributed by atoms with Crippen LogP contribution in [0.1, 0.15) is 11.1 Å². The molecule has 20 heavy (non-hydrogen) atoms. The number of aryl methyl sites for hydroxylation is 1. The summed E-state index contributed by atoms with van der Waals surface area (Å²) in [6, 6.07) is 16.0. The minimum atomic E-state index is 0.847. The zero-order chi connectivity index (χ0) is 14.8. The number of benzene rings is 2. The number of hydrogen-bond acceptors (Lipinski definition) is 4. The lowest BCUT2D eigenvalue weighted by molar-refractivity contribution is 0.415. The van der Waals surface area contributed by atoms with Crippen molar-refractivity contribution in [1.29, 1.82) is 5.26 Å². The van der Waals surface area contributed by atoms with Crippen LogP contribution in [-0.4, -0.2) is 13.3 Å². The van der Waals surface area contributed by atoms with Gasteiger partial charge in [-0.1, -0.05) is 42.5 Å². The predicted octanol–water partition coefficient (Wildman–Crippen LogP) is 4.15. The summed E-state index contributed by atoms with van der Waals surface area (Å²) in [4.78, 5) is 4.40. The Hall–Kier alpha value is -2.25. The van der Waals surface area contributed by atoms with Crippen molar-refractivity contribution in [2.75, 3.05) is 7.11 Å². The molecule has 0 fully saturated rings. The van der Waals surface area contributed by atoms with Gasteiger partial charge in [0.2, 0.25) is 0 Å². The third-order valence-corrected chi connectivity index (χ3v) is 2.51. The smallest absolute Gasteiger partial charge is 0.130 e. The summed E-state index contributed by atoms with van der Waals surface area (Å²) in [5, 5.41) is 8.63. The molecule has 0 spiro atoms. The van der Waals surface area contributed by atoms with E-state index in [1.807, 2.05) is 30.5 Å². The Balaban J connectivity index is 0.000000612. The molecule has 4 heteroatoms. The van der Waals surface area contributed by atoms with Gasteiger partial charge >= 0.3 is 0 Å². The molecular formula is C16H16N2OS. The van der Waals surface area contributed by atoms with Crippen LogP contribution in [0.2, 0.25) is 0 Å². The number of nitrogens with zero attached hydrogens (tertiary/aromatic N) is 2. The fourth-order valence-corrected chi connectivity index (χ4v) is 1.47. The lowest BCUT2D eigenvalue weighted by atomic mass is 10.2. The monoisotopic (exact) mass is 284 g/mol. The summed E-state index contributed by atoms with van der Waals surface area (Å²) >= 11 is 3.09. The van der Waals surface area contributed by atoms with Crippen LogP contribution in [0.4, 0.5) is 5.69 Å². The zero-order valence-corrected chi connectivity index (χ0v) is 12.3. The van der Waals surface area contributed by atoms with Gasteiger partial charge in [-0.3, -0.25) is 4.99 Å². The number of thiocyanates is 1. The van der Waals surface area contributed by atoms with Crippen LogP contribution in [0.3, 0.4) is 0 Å². The van der Waals surface area contributed by atoms with Gasteiger partial charge in [-0.25, -0.2) is 0 Å². The van der Waals surface area contributed by atoms with E-state index in [1.165, 1.54) is 11.0 Å². The number of nitriles is 1. The Bertz CT molecular complexity index is 583. The van der Waals surface area contributed by atoms with E-state index in [2.05, 4.69) is 48.8 Å². The summed E-state index contributed by atoms with van der Waals surface area (Å²) in [5.74, 6) is 0.847. The third kappa shape index (κ3) is 5.59. The summed E-state index contributed by atoms with van der Waals surface area (Å²) in [7, 11) is 1.66. The quantitative estimate of drug-likeness (QED) is 0.523. The van der Waals surface area contributed by atoms with Crippen LogP contribution in [-0.2, 0) is 0 Å². The Morgan fingerprint density at radius 2 is 1.65 bits per heavy atom. The first-order valence-corrected chi connectivity index (χ1v) is 6.42. The Morgan fingerprint density at radius 1 is 1.10 bits per heavy atom. The highest BCUT2D eigenvalue weighted by Crippen LogP contribution is 2.17. The van der Waals surface area contributed by atoms with Crippen molar-refractivity contribution in [2.24, 2.45) is 4.99 Å². The number of rotatable bonds is 3. The van der Waals surface area contributed by atoms with Crippen molar-refractivity contribution in [2.45, 2.75) is 6.92 Å². The fourth-order valence-electron chi connectivity index (χ4n) is 1.47. The van der Waals surface area contributed by atoms with Crippen molar-refractivity contribution in [3.8, 4) is 11.2 Å². The van der Waals surface area contributed by atoms with Crippen LogP contribution in [0.25, 0.3) is 0 Å². The molecule has 2 aromatic carbocycles. The van der Waals surface area contributed by atoms with Crippen LogP contribution in [0.15, 0.2) is 53.5 Å². The van der Waals surface area contributed by atoms with E-state index < -0.39 is 0 Å². The molecule has 0 unspecified atom stereocenters. The first kappa shape index (κ1) is 15.8. The van der Waals surface area contributed by atoms with Crippen LogP contribution < -0.4 is 4.74 Å². The average Bonchev–Trinajstić information content (AvgIpc) is 2.48. The molecule has 0 aromatic heterocycles. The van der Waals surface area contributed by atoms with E-state index in [0.717, 1.165) is 17.0 Å². The maximum atomic E-state index is 7.18. The van der Waals surface area contributed by atoms with Gasteiger partial charge in [0.1, 0.15) is 11.2 Å². The number of ether oxygens (including phenoxy) is 1. The largest absolute Gasteiger partial charge is 0.497 e. The predicted molar refractivity (Wildman–Crippen MR) is 86.0 cm³/mol. The van der Waals surface area contributed by atoms with Gasteiger partial charge in [-0.15, -0.1) is 0 Å². The fraction of sp³-hybridized carbons (Fsp3) is 0.125. The molecule has 0 aliphatic carbocycles. The molecule has 0 radical (unpaired) electrons. The van der Waals surface area contributed by atoms with Crippen molar-refractivity contribution in [1.82, 2.24) is 0 Å². The van der Waals surface area contributed by atoms with Crippen molar-refractivity contribution in [3.63, 3.8) is 0 Å². The summed E-state index contributed by atoms with van der Waals surface area (Å²) in [5.41, 5.74) is 3.28. The zero-order valence-electron chi connectivity index (χ0n) is 11.4. The Labute approximate surface area is 125 Å². The van der Waals surface area contributed by atoms with Crippen molar-refractivity contribution < 1.29 is 4.74 Å². The summed E-state index contributed by atoms with van der Waals surface area (Å²) in [6.07, 6.45) is 1.86. The number of hydrogen-bond donors (Lipinski definition) is 1. The third-order valence-electron chi connectivity index (χ3n) is 2.51. The van der Waals surface area contributed by atoms with Gasteiger partial charge in [-0.05, 0) is 36.8 Å². The second-order valence-corrected chi connectivity index (χ2v) is 4.17. The normalized spacial score (nSPS) is 9.50. The SMILES string of the molecule is COc1ccc(N=Cc2ccc(C)cc2)cc1.N#CS. The van der Waals surface area contributed by atoms with Gasteiger partial charge in [0.15, 0.2) is 0 Å². The first-order chi connectivity index (χ1) is 9.69. The second-order valence-electron chi connectivity index (χ2n) is 3.97. The van der Waals surface area contributed by atoms with E-state index in [9.17, 15) is 0 Å². The molecule has 0 atom stereocenters. The summed E-state index contributed by atoms with van der Waals surface area (Å²) < 4.78 is 5.09. The number of aliphatic imine (C=N–C) groups is 1. The standard InChI is InChI=1S/C15H15NO.CHNS/c1-12-3-5-13(6-4-12)11-16-14-7-9-15(17-2)10-8-14;2-1-3/h3-11H,1-2H3;3H. The van der Waals surface area contributed by atoms with Crippen molar-refractivity contribution >= 4 is 24.5 Å². The molecule has 2 aromatic rings. The van der Waals surface area contributed by atoms with E-state index in [0.29, 0.717) is 0 Å². The Morgan fingerprint density at radius 3 is 2.15 bits per heavy atom. The lowest BCUT2D eigenvalue weighted by Gasteiger charge is -1.99. The number of methoxy groups -OCH3 is 1. The molecule has 0 heterocycles. The highest BCUT2D eigenvalue weighted by atomic mass is 32.1. The molecule has 0 N–H and O–H groups in total. The topological polar surface area (TPSA) is 45.4 Å². The van der Waals surface area contributed by atoms with Crippen LogP contribution in [0.5, 0.6) is 5.75 Å². The van der Waals surface area contributed by atoms with E-state index in [-0.39, 0.29) is 0 Å². The lowest BCUT2D eigenvalue weighted by Crippen LogP contribution is -1.82. The average molecular weight is 284 g/mol. The van der Waals surface area contributed by atoms with E-state index >= 15 is 0 Å². The summed E-state index contributed by atoms with van der Waals surface area (Å²) in [6.45, 7) is 2.07. The van der Waals surface area contributed by atoms with E-state index in [4.69, 9.17) is 10.00 Å². The molecule has 0 aliphatic heterocycles. The van der Waals surface area contributed by atoms with Gasteiger partial charge in [0.25, 0.3) is 0 Å². The highest BCUT2D eigenvalue weighted by molar-refractivity contribution is 7.85. The molecule has 0 aliphatic rings. The second kappa shape index (κ2) is 8.78. The maximum Gasteiger partial charge on any atom is 0.130 e. The number of thiol groups is 1. The van der Waals surface area contributed by atoms with Crippen molar-refractivity contribution in [3.05, 3.63) is 59.7 Å². The molecule has 0 bridgehead atoms. The van der Waals surface area contributed by atoms with Crippen LogP contribution in [0, 0.1) is 17.6 Å². The van der Waals surface area contributed by atoms with Gasteiger partial charge < -0.3 is 4.74 Å². The van der Waals surface area contributed by atoms with E-state index in [1.54, 1.807) is 7.11 Å². The Kier molecular flexibility index (Phi) is 6.94. The molecule has 2 rings (SSSR count). The molecule has 0 saturated heterocycles. The first-order valence-electron chi connectivity index (χ1n) is 5.97.